The molecular formula is C14H11F3O2Tl. The molecule has 2 nitrogen and oxygen atoms in total. The summed E-state index contributed by atoms with van der Waals surface area (Å²) in [6.45, 7) is 0. The van der Waals surface area contributed by atoms with Gasteiger partial charge in [0.25, 0.3) is 0 Å². The van der Waals surface area contributed by atoms with Crippen molar-refractivity contribution in [1.29, 1.82) is 0 Å². The van der Waals surface area contributed by atoms with Gasteiger partial charge in [-0.3, -0.25) is 0 Å². The molecule has 6 heteroatoms. The maximum absolute atomic E-state index is 10.6. The van der Waals surface area contributed by atoms with Crippen LogP contribution in [0.15, 0.2) is 60.7 Å². The van der Waals surface area contributed by atoms with Gasteiger partial charge in [-0.05, 0) is 0 Å². The zero-order valence-electron chi connectivity index (χ0n) is 10.3. The summed E-state index contributed by atoms with van der Waals surface area (Å²) in [6.07, 6.45) is -5.08. The van der Waals surface area contributed by atoms with Crippen LogP contribution in [0.25, 0.3) is 0 Å². The molecule has 0 fully saturated rings. The Morgan fingerprint density at radius 2 is 1.15 bits per heavy atom. The summed E-state index contributed by atoms with van der Waals surface area (Å²) in [4.78, 5) is 8.90. The second-order valence-electron chi connectivity index (χ2n) is 3.77. The Bertz CT molecular complexity index is 490. The van der Waals surface area contributed by atoms with Crippen LogP contribution in [0.4, 0.5) is 13.2 Å². The molecule has 0 aliphatic heterocycles. The molecule has 103 valence electrons. The van der Waals surface area contributed by atoms with Crippen molar-refractivity contribution in [3.63, 3.8) is 0 Å². The number of carbonyl (C=O) groups is 1. The van der Waals surface area contributed by atoms with Crippen molar-refractivity contribution < 1.29 is 23.1 Å². The second-order valence-corrected chi connectivity index (χ2v) is 10.1. The van der Waals surface area contributed by atoms with Gasteiger partial charge in [0, 0.05) is 0 Å². The maximum atomic E-state index is 10.6. The van der Waals surface area contributed by atoms with Gasteiger partial charge >= 0.3 is 103 Å². The first-order valence-electron chi connectivity index (χ1n) is 5.64. The van der Waals surface area contributed by atoms with Crippen LogP contribution in [0.1, 0.15) is 0 Å². The van der Waals surface area contributed by atoms with Crippen molar-refractivity contribution >= 4 is 36.5 Å². The number of carboxylic acids is 1. The van der Waals surface area contributed by atoms with Gasteiger partial charge in [-0.2, -0.15) is 13.2 Å². The van der Waals surface area contributed by atoms with E-state index in [1.165, 1.54) is 0 Å². The average Bonchev–Trinajstić information content (AvgIpc) is 2.40. The van der Waals surface area contributed by atoms with Crippen molar-refractivity contribution in [3.8, 4) is 0 Å². The first kappa shape index (κ1) is 16.7. The first-order valence-corrected chi connectivity index (χ1v) is 10.1. The summed E-state index contributed by atoms with van der Waals surface area (Å²) in [7, 11) is 0. The van der Waals surface area contributed by atoms with Crippen molar-refractivity contribution in [2.75, 3.05) is 0 Å². The molecule has 0 aliphatic rings. The van der Waals surface area contributed by atoms with Crippen LogP contribution < -0.4 is 6.25 Å². The predicted molar refractivity (Wildman–Crippen MR) is 71.6 cm³/mol. The molecule has 0 atom stereocenters. The van der Waals surface area contributed by atoms with Gasteiger partial charge in [-0.25, -0.2) is 4.79 Å². The van der Waals surface area contributed by atoms with E-state index in [0.717, 1.165) is 0 Å². The minimum atomic E-state index is -5.08. The SMILES string of the molecule is O=C(O)C(F)(F)F.c1cc[c]([Tl][c]2ccccc2)cc1. The summed E-state index contributed by atoms with van der Waals surface area (Å²) in [5.74, 6) is -2.76. The number of alkyl halides is 3. The Balaban J connectivity index is 0.000000246. The molecule has 0 saturated carbocycles. The zero-order valence-corrected chi connectivity index (χ0v) is 14.8. The fourth-order valence-corrected chi connectivity index (χ4v) is 6.01. The molecule has 1 N–H and O–H groups in total. The van der Waals surface area contributed by atoms with E-state index >= 15 is 0 Å². The molecule has 2 aromatic carbocycles. The standard InChI is InChI=1S/2C6H5.C2HF3O2.Tl/c2*1-2-4-6-5-3-1;3-2(4,5)1(6)7;/h2*1-5H;(H,6,7);. The van der Waals surface area contributed by atoms with Gasteiger partial charge in [0.2, 0.25) is 0 Å². The zero-order chi connectivity index (χ0) is 15.0. The van der Waals surface area contributed by atoms with E-state index in [4.69, 9.17) is 9.90 Å². The summed E-state index contributed by atoms with van der Waals surface area (Å²) in [5, 5.41) is 7.12. The Morgan fingerprint density at radius 1 is 0.850 bits per heavy atom. The molecule has 0 unspecified atom stereocenters. The second kappa shape index (κ2) is 8.03. The quantitative estimate of drug-likeness (QED) is 0.679. The Kier molecular flexibility index (Phi) is 6.70. The summed E-state index contributed by atoms with van der Waals surface area (Å²) in [5.41, 5.74) is 0. The molecule has 0 saturated heterocycles. The molecule has 0 aliphatic carbocycles. The Morgan fingerprint density at radius 3 is 1.40 bits per heavy atom. The molecule has 0 heterocycles. The number of hydrogen-bond donors (Lipinski definition) is 1. The van der Waals surface area contributed by atoms with Crippen molar-refractivity contribution in [2.45, 2.75) is 6.18 Å². The van der Waals surface area contributed by atoms with Gasteiger partial charge in [0.15, 0.2) is 0 Å². The van der Waals surface area contributed by atoms with E-state index in [-0.39, 0.29) is 0 Å². The number of aliphatic carboxylic acids is 1. The van der Waals surface area contributed by atoms with Gasteiger partial charge in [0.1, 0.15) is 0 Å². The van der Waals surface area contributed by atoms with Crippen LogP contribution in [0.2, 0.25) is 0 Å². The number of benzene rings is 2. The van der Waals surface area contributed by atoms with E-state index in [1.54, 1.807) is 6.25 Å². The normalized spacial score (nSPS) is 9.95. The third-order valence-electron chi connectivity index (χ3n) is 2.17. The number of rotatable bonds is 2. The van der Waals surface area contributed by atoms with Crippen LogP contribution in [0.5, 0.6) is 0 Å². The number of carboxylic acid groups (broad SMARTS) is 1. The fourth-order valence-electron chi connectivity index (χ4n) is 1.29. The molecule has 0 spiro atoms. The van der Waals surface area contributed by atoms with E-state index in [1.807, 2.05) is 0 Å². The Labute approximate surface area is 126 Å². The van der Waals surface area contributed by atoms with Crippen molar-refractivity contribution in [2.24, 2.45) is 0 Å². The molecular weight excluding hydrogens is 462 g/mol. The molecule has 0 aromatic heterocycles. The fraction of sp³-hybridized carbons (Fsp3) is 0.0714. The molecule has 0 bridgehead atoms. The van der Waals surface area contributed by atoms with Crippen LogP contribution in [-0.4, -0.2) is 41.5 Å². The average molecular weight is 473 g/mol. The van der Waals surface area contributed by atoms with Crippen molar-refractivity contribution in [1.82, 2.24) is 0 Å². The van der Waals surface area contributed by atoms with E-state index in [0.29, 0.717) is 0 Å². The van der Waals surface area contributed by atoms with E-state index in [9.17, 15) is 13.2 Å². The van der Waals surface area contributed by atoms with Gasteiger partial charge in [-0.15, -0.1) is 0 Å². The molecule has 2 aromatic rings. The van der Waals surface area contributed by atoms with Crippen LogP contribution >= 0.6 is 0 Å². The van der Waals surface area contributed by atoms with Crippen LogP contribution in [0, 0.1) is 0 Å². The first-order chi connectivity index (χ1) is 9.39. The van der Waals surface area contributed by atoms with Gasteiger partial charge < -0.3 is 5.11 Å². The van der Waals surface area contributed by atoms with Gasteiger partial charge in [-0.1, -0.05) is 0 Å². The monoisotopic (exact) mass is 473 g/mol. The third kappa shape index (κ3) is 6.69. The summed E-state index contributed by atoms with van der Waals surface area (Å²) >= 11 is -0.866. The summed E-state index contributed by atoms with van der Waals surface area (Å²) in [6, 6.07) is 21.7. The number of hydrogen-bond acceptors (Lipinski definition) is 1. The minimum absolute atomic E-state index is 0.866. The Hall–Kier alpha value is -1.38. The molecule has 0 amide bonds. The van der Waals surface area contributed by atoms with Crippen LogP contribution in [-0.2, 0) is 4.79 Å². The van der Waals surface area contributed by atoms with E-state index < -0.39 is 36.4 Å². The molecule has 20 heavy (non-hydrogen) atoms. The number of halogens is 3. The topological polar surface area (TPSA) is 37.3 Å². The van der Waals surface area contributed by atoms with Gasteiger partial charge in [0.05, 0.1) is 0 Å². The third-order valence-corrected chi connectivity index (χ3v) is 7.76. The summed E-state index contributed by atoms with van der Waals surface area (Å²) < 4.78 is 34.9. The molecule has 2 rings (SSSR count). The predicted octanol–water partition coefficient (Wildman–Crippen LogP) is 1.97. The van der Waals surface area contributed by atoms with E-state index in [2.05, 4.69) is 60.7 Å². The molecule has 0 radical (unpaired) electrons. The van der Waals surface area contributed by atoms with Crippen LogP contribution in [0.3, 0.4) is 0 Å². The van der Waals surface area contributed by atoms with Crippen molar-refractivity contribution in [3.05, 3.63) is 60.7 Å².